The van der Waals surface area contributed by atoms with Crippen molar-refractivity contribution in [2.45, 2.75) is 0 Å². The molecule has 0 atom stereocenters. The van der Waals surface area contributed by atoms with E-state index < -0.39 is 0 Å². The average Bonchev–Trinajstić information content (AvgIpc) is 2.76. The lowest BCUT2D eigenvalue weighted by molar-refractivity contribution is 0.112. The third-order valence-electron chi connectivity index (χ3n) is 1.94. The molecule has 0 spiro atoms. The summed E-state index contributed by atoms with van der Waals surface area (Å²) < 4.78 is 0. The van der Waals surface area contributed by atoms with Crippen LogP contribution >= 0.6 is 22.9 Å². The Balaban J connectivity index is 2.28. The number of hydrogen-bond donors (Lipinski definition) is 0. The Morgan fingerprint density at radius 1 is 1.12 bits per heavy atom. The van der Waals surface area contributed by atoms with Crippen LogP contribution in [0.1, 0.15) is 20.1 Å². The summed E-state index contributed by atoms with van der Waals surface area (Å²) in [4.78, 5) is 12.0. The lowest BCUT2D eigenvalue weighted by Gasteiger charge is -1.91. The summed E-state index contributed by atoms with van der Waals surface area (Å²) in [6, 6.07) is 11.0. The van der Waals surface area contributed by atoms with Gasteiger partial charge in [-0.2, -0.15) is 0 Å². The highest BCUT2D eigenvalue weighted by atomic mass is 35.5. The van der Waals surface area contributed by atoms with Crippen LogP contribution in [-0.4, -0.2) is 6.29 Å². The van der Waals surface area contributed by atoms with E-state index >= 15 is 0 Å². The molecule has 0 unspecified atom stereocenters. The van der Waals surface area contributed by atoms with Crippen molar-refractivity contribution in [2.24, 2.45) is 0 Å². The van der Waals surface area contributed by atoms with Crippen LogP contribution in [0.25, 0.3) is 0 Å². The van der Waals surface area contributed by atoms with Gasteiger partial charge in [-0.15, -0.1) is 11.3 Å². The van der Waals surface area contributed by atoms with E-state index in [1.165, 1.54) is 11.3 Å². The maximum atomic E-state index is 10.5. The fraction of sp³-hybridized carbons (Fsp3) is 0. The number of carbonyl (C=O) groups excluding carboxylic acids is 1. The van der Waals surface area contributed by atoms with Crippen LogP contribution in [0.5, 0.6) is 0 Å². The van der Waals surface area contributed by atoms with Crippen LogP contribution in [0.2, 0.25) is 5.02 Å². The lowest BCUT2D eigenvalue weighted by atomic mass is 10.2. The molecule has 0 fully saturated rings. The minimum absolute atomic E-state index is 0.641. The minimum Gasteiger partial charge on any atom is -0.297 e. The topological polar surface area (TPSA) is 17.1 Å². The Morgan fingerprint density at radius 2 is 1.94 bits per heavy atom. The highest BCUT2D eigenvalue weighted by molar-refractivity contribution is 7.14. The number of carbonyl (C=O) groups is 1. The number of halogens is 1. The first kappa shape index (κ1) is 10.9. The van der Waals surface area contributed by atoms with E-state index in [0.29, 0.717) is 9.90 Å². The molecule has 0 saturated carbocycles. The summed E-state index contributed by atoms with van der Waals surface area (Å²) in [5.41, 5.74) is 0.796. The fourth-order valence-corrected chi connectivity index (χ4v) is 2.03. The van der Waals surface area contributed by atoms with Crippen molar-refractivity contribution in [3.63, 3.8) is 0 Å². The quantitative estimate of drug-likeness (QED) is 0.555. The van der Waals surface area contributed by atoms with Crippen LogP contribution in [0.15, 0.2) is 36.4 Å². The van der Waals surface area contributed by atoms with Gasteiger partial charge in [-0.3, -0.25) is 4.79 Å². The summed E-state index contributed by atoms with van der Waals surface area (Å²) in [7, 11) is 0. The number of hydrogen-bond acceptors (Lipinski definition) is 2. The Kier molecular flexibility index (Phi) is 3.40. The maximum absolute atomic E-state index is 10.5. The zero-order valence-electron chi connectivity index (χ0n) is 8.24. The monoisotopic (exact) mass is 246 g/mol. The van der Waals surface area contributed by atoms with Crippen LogP contribution in [0.3, 0.4) is 0 Å². The molecule has 1 aromatic heterocycles. The minimum atomic E-state index is 0.641. The van der Waals surface area contributed by atoms with Crippen molar-refractivity contribution in [3.8, 4) is 11.8 Å². The second-order valence-electron chi connectivity index (χ2n) is 3.05. The standard InChI is InChI=1S/C13H7ClOS/c14-13-4-2-1-3-10(13)5-6-11-7-8-12(9-15)16-11/h1-4,7-9H. The molecule has 1 nitrogen and oxygen atoms in total. The predicted molar refractivity (Wildman–Crippen MR) is 67.1 cm³/mol. The maximum Gasteiger partial charge on any atom is 0.160 e. The number of rotatable bonds is 1. The van der Waals surface area contributed by atoms with Crippen molar-refractivity contribution in [1.82, 2.24) is 0 Å². The first-order valence-corrected chi connectivity index (χ1v) is 5.80. The number of thiophene rings is 1. The molecule has 78 valence electrons. The van der Waals surface area contributed by atoms with Crippen LogP contribution in [0, 0.1) is 11.8 Å². The molecule has 0 radical (unpaired) electrons. The number of benzene rings is 1. The second-order valence-corrected chi connectivity index (χ2v) is 4.57. The van der Waals surface area contributed by atoms with Gasteiger partial charge in [0.25, 0.3) is 0 Å². The van der Waals surface area contributed by atoms with Gasteiger partial charge in [0.05, 0.1) is 14.8 Å². The van der Waals surface area contributed by atoms with Crippen molar-refractivity contribution in [3.05, 3.63) is 56.7 Å². The normalized spacial score (nSPS) is 9.31. The van der Waals surface area contributed by atoms with E-state index in [9.17, 15) is 4.79 Å². The molecule has 0 aliphatic rings. The molecule has 3 heteroatoms. The Morgan fingerprint density at radius 3 is 2.62 bits per heavy atom. The Labute approximate surface area is 103 Å². The molecular weight excluding hydrogens is 240 g/mol. The molecule has 0 aliphatic heterocycles. The molecule has 0 amide bonds. The summed E-state index contributed by atoms with van der Waals surface area (Å²) >= 11 is 7.34. The second kappa shape index (κ2) is 4.98. The van der Waals surface area contributed by atoms with E-state index in [4.69, 9.17) is 11.6 Å². The van der Waals surface area contributed by atoms with Gasteiger partial charge in [-0.05, 0) is 24.3 Å². The summed E-state index contributed by atoms with van der Waals surface area (Å²) in [5, 5.41) is 0.641. The molecule has 0 bridgehead atoms. The third-order valence-corrected chi connectivity index (χ3v) is 3.19. The number of aldehydes is 1. The van der Waals surface area contributed by atoms with Crippen molar-refractivity contribution < 1.29 is 4.79 Å². The Hall–Kier alpha value is -1.56. The van der Waals surface area contributed by atoms with Crippen LogP contribution in [0.4, 0.5) is 0 Å². The molecule has 2 aromatic rings. The molecule has 0 saturated heterocycles. The van der Waals surface area contributed by atoms with Gasteiger partial charge in [-0.1, -0.05) is 35.6 Å². The van der Waals surface area contributed by atoms with Gasteiger partial charge in [0, 0.05) is 5.56 Å². The molecule has 2 rings (SSSR count). The Bertz CT molecular complexity index is 575. The molecule has 0 N–H and O–H groups in total. The van der Waals surface area contributed by atoms with Crippen LogP contribution < -0.4 is 0 Å². The lowest BCUT2D eigenvalue weighted by Crippen LogP contribution is -1.74. The largest absolute Gasteiger partial charge is 0.297 e. The van der Waals surface area contributed by atoms with E-state index in [0.717, 1.165) is 16.7 Å². The van der Waals surface area contributed by atoms with Gasteiger partial charge in [0.2, 0.25) is 0 Å². The third kappa shape index (κ3) is 2.52. The summed E-state index contributed by atoms with van der Waals surface area (Å²) in [6.07, 6.45) is 0.825. The van der Waals surface area contributed by atoms with E-state index in [1.807, 2.05) is 24.3 Å². The van der Waals surface area contributed by atoms with E-state index in [-0.39, 0.29) is 0 Å². The zero-order valence-corrected chi connectivity index (χ0v) is 9.81. The van der Waals surface area contributed by atoms with Gasteiger partial charge in [0.15, 0.2) is 6.29 Å². The summed E-state index contributed by atoms with van der Waals surface area (Å²) in [5.74, 6) is 5.96. The molecule has 16 heavy (non-hydrogen) atoms. The van der Waals surface area contributed by atoms with Gasteiger partial charge in [0.1, 0.15) is 0 Å². The van der Waals surface area contributed by atoms with Crippen molar-refractivity contribution in [2.75, 3.05) is 0 Å². The fourth-order valence-electron chi connectivity index (χ4n) is 1.17. The molecular formula is C13H7ClOS. The zero-order chi connectivity index (χ0) is 11.4. The van der Waals surface area contributed by atoms with Crippen molar-refractivity contribution in [1.29, 1.82) is 0 Å². The SMILES string of the molecule is O=Cc1ccc(C#Cc2ccccc2Cl)s1. The highest BCUT2D eigenvalue weighted by Gasteiger charge is 1.96. The van der Waals surface area contributed by atoms with Crippen molar-refractivity contribution >= 4 is 29.2 Å². The first-order chi connectivity index (χ1) is 7.79. The predicted octanol–water partition coefficient (Wildman–Crippen LogP) is 3.61. The molecule has 1 aromatic carbocycles. The first-order valence-electron chi connectivity index (χ1n) is 4.61. The van der Waals surface area contributed by atoms with Gasteiger partial charge in [-0.25, -0.2) is 0 Å². The van der Waals surface area contributed by atoms with Gasteiger partial charge >= 0.3 is 0 Å². The van der Waals surface area contributed by atoms with E-state index in [1.54, 1.807) is 12.1 Å². The van der Waals surface area contributed by atoms with Crippen LogP contribution in [-0.2, 0) is 0 Å². The van der Waals surface area contributed by atoms with Gasteiger partial charge < -0.3 is 0 Å². The molecule has 1 heterocycles. The average molecular weight is 247 g/mol. The molecule has 0 aliphatic carbocycles. The summed E-state index contributed by atoms with van der Waals surface area (Å²) in [6.45, 7) is 0. The van der Waals surface area contributed by atoms with E-state index in [2.05, 4.69) is 11.8 Å². The smallest absolute Gasteiger partial charge is 0.160 e. The highest BCUT2D eigenvalue weighted by Crippen LogP contribution is 2.15.